The molecule has 43 heavy (non-hydrogen) atoms. The van der Waals surface area contributed by atoms with Gasteiger partial charge in [0.1, 0.15) is 22.8 Å². The van der Waals surface area contributed by atoms with Crippen LogP contribution >= 0.6 is 0 Å². The Hall–Kier alpha value is -3.78. The number of ether oxygens (including phenoxy) is 1. The Balaban J connectivity index is 1.47. The molecule has 14 heteroatoms. The van der Waals surface area contributed by atoms with Crippen molar-refractivity contribution in [2.75, 3.05) is 37.8 Å². The van der Waals surface area contributed by atoms with Crippen molar-refractivity contribution in [1.82, 2.24) is 29.2 Å². The molecule has 230 valence electrons. The Labute approximate surface area is 248 Å². The first-order valence-corrected chi connectivity index (χ1v) is 16.2. The zero-order valence-electron chi connectivity index (χ0n) is 24.5. The van der Waals surface area contributed by atoms with E-state index in [0.717, 1.165) is 56.4 Å². The van der Waals surface area contributed by atoms with Crippen molar-refractivity contribution in [2.45, 2.75) is 51.7 Å². The van der Waals surface area contributed by atoms with Gasteiger partial charge in [0.05, 0.1) is 24.8 Å². The van der Waals surface area contributed by atoms with Crippen LogP contribution in [0, 0.1) is 12.8 Å². The van der Waals surface area contributed by atoms with Crippen molar-refractivity contribution in [3.05, 3.63) is 41.6 Å². The molecule has 2 fully saturated rings. The van der Waals surface area contributed by atoms with Crippen molar-refractivity contribution >= 4 is 38.4 Å². The molecule has 1 aliphatic heterocycles. The highest BCUT2D eigenvalue weighted by Crippen LogP contribution is 2.38. The molecule has 0 spiro atoms. The first-order chi connectivity index (χ1) is 20.5. The Morgan fingerprint density at radius 3 is 2.58 bits per heavy atom. The number of pyridine rings is 2. The van der Waals surface area contributed by atoms with Gasteiger partial charge in [-0.15, -0.1) is 0 Å². The van der Waals surface area contributed by atoms with Gasteiger partial charge in [-0.25, -0.2) is 18.4 Å². The van der Waals surface area contributed by atoms with E-state index in [9.17, 15) is 22.0 Å². The number of nitrogens with zero attached hydrogens (tertiary/aromatic N) is 6. The van der Waals surface area contributed by atoms with Crippen LogP contribution in [0.1, 0.15) is 41.7 Å². The van der Waals surface area contributed by atoms with Gasteiger partial charge in [0.25, 0.3) is 5.91 Å². The summed E-state index contributed by atoms with van der Waals surface area (Å²) in [5.74, 6) is 0.381. The second-order valence-electron chi connectivity index (χ2n) is 11.4. The lowest BCUT2D eigenvalue weighted by atomic mass is 10.1. The number of aromatic nitrogens is 4. The highest BCUT2D eigenvalue weighted by Gasteiger charge is 2.31. The van der Waals surface area contributed by atoms with Crippen LogP contribution in [-0.2, 0) is 16.6 Å². The number of rotatable bonds is 9. The molecule has 1 atom stereocenters. The molecule has 6 rings (SSSR count). The van der Waals surface area contributed by atoms with E-state index >= 15 is 0 Å². The number of amides is 1. The summed E-state index contributed by atoms with van der Waals surface area (Å²) in [4.78, 5) is 24.6. The number of nitrogens with one attached hydrogen (secondary N) is 1. The number of piperidine rings is 1. The topological polar surface area (TPSA) is 114 Å². The van der Waals surface area contributed by atoms with E-state index in [0.29, 0.717) is 46.3 Å². The second kappa shape index (κ2) is 11.1. The van der Waals surface area contributed by atoms with Crippen molar-refractivity contribution in [3.8, 4) is 17.3 Å². The number of hydrogen-bond acceptors (Lipinski definition) is 7. The van der Waals surface area contributed by atoms with E-state index in [1.807, 2.05) is 29.0 Å². The van der Waals surface area contributed by atoms with Crippen LogP contribution in [0.4, 0.5) is 14.6 Å². The molecule has 11 nitrogen and oxygen atoms in total. The number of hydrogen-bond donors (Lipinski definition) is 1. The lowest BCUT2D eigenvalue weighted by Crippen LogP contribution is -2.46. The van der Waals surface area contributed by atoms with Gasteiger partial charge in [0.15, 0.2) is 5.88 Å². The molecular weight excluding hydrogens is 580 g/mol. The third-order valence-corrected chi connectivity index (χ3v) is 9.44. The number of carbonyl (C=O) groups is 1. The standard InChI is InChI=1S/C29H35F2N7O4S/c1-17-26(33-24-13-20(14-25(42-3)37(17)24)28(39)35(2)21-6-5-11-32-15-21)22-12-19-9-10-23(38(29(30)31)43(4,40)41)34-27(19)36(22)16-18-7-8-18/h9-10,12-14,18,21,29,32H,5-8,11,15-16H2,1-4H3. The minimum Gasteiger partial charge on any atom is -0.482 e. The largest absolute Gasteiger partial charge is 0.482 e. The molecule has 1 aliphatic carbocycles. The van der Waals surface area contributed by atoms with Gasteiger partial charge in [-0.3, -0.25) is 9.20 Å². The number of likely N-dealkylation sites (N-methyl/N-ethyl adjacent to an activating group) is 1. The summed E-state index contributed by atoms with van der Waals surface area (Å²) in [5.41, 5.74) is 3.50. The van der Waals surface area contributed by atoms with E-state index < -0.39 is 16.6 Å². The monoisotopic (exact) mass is 615 g/mol. The number of carbonyl (C=O) groups excluding carboxylic acids is 1. The summed E-state index contributed by atoms with van der Waals surface area (Å²) < 4.78 is 61.5. The molecule has 0 aromatic carbocycles. The van der Waals surface area contributed by atoms with E-state index in [4.69, 9.17) is 9.72 Å². The first kappa shape index (κ1) is 29.3. The van der Waals surface area contributed by atoms with Crippen LogP contribution in [0.15, 0.2) is 30.3 Å². The predicted octanol–water partition coefficient (Wildman–Crippen LogP) is 3.89. The highest BCUT2D eigenvalue weighted by molar-refractivity contribution is 7.92. The summed E-state index contributed by atoms with van der Waals surface area (Å²) in [7, 11) is -0.904. The Bertz CT molecular complexity index is 1810. The van der Waals surface area contributed by atoms with Crippen LogP contribution in [0.5, 0.6) is 5.88 Å². The van der Waals surface area contributed by atoms with Crippen LogP contribution in [-0.4, -0.2) is 84.3 Å². The maximum absolute atomic E-state index is 13.8. The average molecular weight is 616 g/mol. The van der Waals surface area contributed by atoms with Crippen LogP contribution in [0.25, 0.3) is 28.1 Å². The predicted molar refractivity (Wildman–Crippen MR) is 159 cm³/mol. The molecule has 0 bridgehead atoms. The van der Waals surface area contributed by atoms with E-state index in [2.05, 4.69) is 10.3 Å². The number of anilines is 1. The number of fused-ring (bicyclic) bond motifs is 2. The molecule has 4 aromatic rings. The fourth-order valence-corrected chi connectivity index (χ4v) is 6.65. The quantitative estimate of drug-likeness (QED) is 0.284. The molecule has 2 aliphatic rings. The molecule has 1 unspecified atom stereocenters. The minimum absolute atomic E-state index is 0.0283. The number of aryl methyl sites for hydroxylation is 1. The fourth-order valence-electron chi connectivity index (χ4n) is 5.92. The van der Waals surface area contributed by atoms with E-state index in [1.54, 1.807) is 30.2 Å². The maximum Gasteiger partial charge on any atom is 0.329 e. The van der Waals surface area contributed by atoms with Gasteiger partial charge in [-0.2, -0.15) is 13.1 Å². The number of imidazole rings is 1. The van der Waals surface area contributed by atoms with Gasteiger partial charge in [-0.1, -0.05) is 0 Å². The summed E-state index contributed by atoms with van der Waals surface area (Å²) in [5, 5.41) is 4.02. The van der Waals surface area contributed by atoms with Gasteiger partial charge < -0.3 is 19.5 Å². The van der Waals surface area contributed by atoms with Crippen molar-refractivity contribution in [1.29, 1.82) is 0 Å². The summed E-state index contributed by atoms with van der Waals surface area (Å²) >= 11 is 0. The molecule has 5 heterocycles. The Morgan fingerprint density at radius 2 is 1.95 bits per heavy atom. The van der Waals surface area contributed by atoms with Gasteiger partial charge >= 0.3 is 6.55 Å². The summed E-state index contributed by atoms with van der Waals surface area (Å²) in [6.45, 7) is 0.904. The fraction of sp³-hybridized carbons (Fsp3) is 0.483. The molecule has 1 saturated carbocycles. The third-order valence-electron chi connectivity index (χ3n) is 8.38. The lowest BCUT2D eigenvalue weighted by Gasteiger charge is -2.31. The molecule has 4 aromatic heterocycles. The highest BCUT2D eigenvalue weighted by atomic mass is 32.2. The summed E-state index contributed by atoms with van der Waals surface area (Å²) in [6.07, 6.45) is 4.72. The molecule has 1 saturated heterocycles. The van der Waals surface area contributed by atoms with E-state index in [-0.39, 0.29) is 22.1 Å². The average Bonchev–Trinajstić information content (AvgIpc) is 3.65. The van der Waals surface area contributed by atoms with Gasteiger partial charge in [0, 0.05) is 43.2 Å². The van der Waals surface area contributed by atoms with Crippen LogP contribution in [0.2, 0.25) is 0 Å². The van der Waals surface area contributed by atoms with Crippen molar-refractivity contribution < 1.29 is 26.7 Å². The van der Waals surface area contributed by atoms with Gasteiger partial charge in [0.2, 0.25) is 10.0 Å². The number of methoxy groups -OCH3 is 1. The zero-order chi connectivity index (χ0) is 30.6. The van der Waals surface area contributed by atoms with Crippen molar-refractivity contribution in [3.63, 3.8) is 0 Å². The number of sulfonamides is 1. The maximum atomic E-state index is 13.8. The molecule has 1 amide bonds. The Morgan fingerprint density at radius 1 is 1.19 bits per heavy atom. The minimum atomic E-state index is -4.26. The zero-order valence-corrected chi connectivity index (χ0v) is 25.4. The third kappa shape index (κ3) is 5.42. The number of halogens is 2. The van der Waals surface area contributed by atoms with Crippen LogP contribution < -0.4 is 14.4 Å². The summed E-state index contributed by atoms with van der Waals surface area (Å²) in [6, 6.07) is 8.35. The second-order valence-corrected chi connectivity index (χ2v) is 13.3. The van der Waals surface area contributed by atoms with Gasteiger partial charge in [-0.05, 0) is 69.3 Å². The SMILES string of the molecule is COc1cc(C(=O)N(C)C2CCCNC2)cc2nc(-c3cc4ccc(N(C(F)F)S(C)(=O)=O)nc4n3CC3CC3)c(C)n12. The number of alkyl halides is 2. The lowest BCUT2D eigenvalue weighted by molar-refractivity contribution is 0.0707. The normalized spacial score (nSPS) is 17.6. The molecule has 0 radical (unpaired) electrons. The smallest absolute Gasteiger partial charge is 0.329 e. The van der Waals surface area contributed by atoms with Crippen molar-refractivity contribution in [2.24, 2.45) is 5.92 Å². The van der Waals surface area contributed by atoms with Crippen LogP contribution in [0.3, 0.4) is 0 Å². The molecule has 1 N–H and O–H groups in total. The first-order valence-electron chi connectivity index (χ1n) is 14.3. The molecular formula is C29H35F2N7O4S. The van der Waals surface area contributed by atoms with E-state index in [1.165, 1.54) is 6.07 Å². The Kier molecular flexibility index (Phi) is 7.53.